The summed E-state index contributed by atoms with van der Waals surface area (Å²) < 4.78 is 30.6. The van der Waals surface area contributed by atoms with Gasteiger partial charge in [0, 0.05) is 49.1 Å². The predicted octanol–water partition coefficient (Wildman–Crippen LogP) is 4.69. The highest BCUT2D eigenvalue weighted by atomic mass is 35.5. The van der Waals surface area contributed by atoms with Crippen molar-refractivity contribution in [3.05, 3.63) is 80.9 Å². The van der Waals surface area contributed by atoms with Crippen LogP contribution in [-0.4, -0.2) is 60.5 Å². The van der Waals surface area contributed by atoms with Gasteiger partial charge >= 0.3 is 12.2 Å². The summed E-state index contributed by atoms with van der Waals surface area (Å²) in [6, 6.07) is 9.68. The lowest BCUT2D eigenvalue weighted by Gasteiger charge is -2.24. The van der Waals surface area contributed by atoms with E-state index in [4.69, 9.17) is 32.7 Å². The molecule has 3 amide bonds. The summed E-state index contributed by atoms with van der Waals surface area (Å²) in [6.45, 7) is 0.142. The average molecular weight is 593 g/mol. The molecule has 0 aliphatic carbocycles. The van der Waals surface area contributed by atoms with Gasteiger partial charge < -0.3 is 29.7 Å². The molecule has 2 heterocycles. The van der Waals surface area contributed by atoms with Crippen molar-refractivity contribution >= 4 is 52.7 Å². The molecule has 1 saturated heterocycles. The third kappa shape index (κ3) is 6.53. The molecule has 0 saturated carbocycles. The molecule has 3 aromatic rings. The van der Waals surface area contributed by atoms with E-state index < -0.39 is 47.4 Å². The number of nitrogens with zero attached hydrogens (tertiary/aromatic N) is 2. The molecule has 40 heavy (non-hydrogen) atoms. The van der Waals surface area contributed by atoms with Crippen molar-refractivity contribution in [3.8, 4) is 11.4 Å². The Labute approximate surface area is 237 Å². The lowest BCUT2D eigenvalue weighted by Crippen LogP contribution is -2.45. The number of nitrogens with one attached hydrogen (secondary N) is 2. The normalized spacial score (nSPS) is 16.4. The van der Waals surface area contributed by atoms with E-state index in [0.29, 0.717) is 10.7 Å². The molecule has 1 aliphatic heterocycles. The van der Waals surface area contributed by atoms with Crippen LogP contribution in [0.4, 0.5) is 25.4 Å². The van der Waals surface area contributed by atoms with Crippen LogP contribution in [0, 0.1) is 5.82 Å². The Bertz CT molecular complexity index is 1500. The van der Waals surface area contributed by atoms with Crippen LogP contribution >= 0.6 is 23.2 Å². The zero-order chi connectivity index (χ0) is 29.0. The molecule has 0 bridgehead atoms. The minimum atomic E-state index is -1.13. The average Bonchev–Trinajstić information content (AvgIpc) is 3.38. The summed E-state index contributed by atoms with van der Waals surface area (Å²) >= 11 is 11.9. The molecule has 4 rings (SSSR count). The highest BCUT2D eigenvalue weighted by Crippen LogP contribution is 2.25. The van der Waals surface area contributed by atoms with E-state index in [0.717, 1.165) is 23.8 Å². The standard InChI is InChI=1S/C26H23Cl2FN4O7/c1-38-18-11-21(33(13-18)25(36)30-16-5-3-14(27)4-6-16)23(34)31-20-8-7-17(10-19(20)29)32-12-15(28)9-22(24(32)35)40-26(37)39-2/h3-10,12,18,21H,11,13H2,1-2H3,(H,30,36)(H,31,34)/t18-,21-/m1/s1. The van der Waals surface area contributed by atoms with Crippen molar-refractivity contribution in [2.45, 2.75) is 18.6 Å². The quantitative estimate of drug-likeness (QED) is 0.397. The first kappa shape index (κ1) is 28.9. The van der Waals surface area contributed by atoms with Crippen LogP contribution < -0.4 is 20.9 Å². The number of halogens is 3. The summed E-state index contributed by atoms with van der Waals surface area (Å²) in [4.78, 5) is 51.6. The van der Waals surface area contributed by atoms with Gasteiger partial charge in [0.25, 0.3) is 5.56 Å². The number of carbonyl (C=O) groups is 3. The second-order valence-electron chi connectivity index (χ2n) is 8.61. The molecule has 0 unspecified atom stereocenters. The number of benzene rings is 2. The van der Waals surface area contributed by atoms with Gasteiger partial charge in [-0.05, 0) is 36.4 Å². The Kier molecular flexibility index (Phi) is 8.93. The zero-order valence-corrected chi connectivity index (χ0v) is 22.7. The van der Waals surface area contributed by atoms with E-state index in [-0.39, 0.29) is 29.4 Å². The molecule has 1 aliphatic rings. The molecule has 11 nitrogen and oxygen atoms in total. The van der Waals surface area contributed by atoms with Crippen LogP contribution in [-0.2, 0) is 14.3 Å². The third-order valence-corrected chi connectivity index (χ3v) is 6.51. The van der Waals surface area contributed by atoms with E-state index in [1.807, 2.05) is 0 Å². The first-order chi connectivity index (χ1) is 19.1. The van der Waals surface area contributed by atoms with Crippen LogP contribution in [0.2, 0.25) is 10.0 Å². The number of amides is 3. The van der Waals surface area contributed by atoms with Gasteiger partial charge in [0.05, 0.1) is 29.6 Å². The van der Waals surface area contributed by atoms with Crippen molar-refractivity contribution in [2.24, 2.45) is 0 Å². The number of rotatable bonds is 6. The van der Waals surface area contributed by atoms with Gasteiger partial charge in [0.1, 0.15) is 11.9 Å². The lowest BCUT2D eigenvalue weighted by molar-refractivity contribution is -0.119. The van der Waals surface area contributed by atoms with Gasteiger partial charge in [-0.15, -0.1) is 0 Å². The Balaban J connectivity index is 1.53. The van der Waals surface area contributed by atoms with Gasteiger partial charge in [-0.2, -0.15) is 0 Å². The number of ether oxygens (including phenoxy) is 3. The second-order valence-corrected chi connectivity index (χ2v) is 9.48. The largest absolute Gasteiger partial charge is 0.513 e. The van der Waals surface area contributed by atoms with E-state index in [9.17, 15) is 19.2 Å². The number of anilines is 2. The maximum Gasteiger partial charge on any atom is 0.513 e. The fourth-order valence-electron chi connectivity index (χ4n) is 4.06. The molecule has 2 atom stereocenters. The van der Waals surface area contributed by atoms with Crippen molar-refractivity contribution in [3.63, 3.8) is 0 Å². The van der Waals surface area contributed by atoms with Gasteiger partial charge in [-0.1, -0.05) is 23.2 Å². The van der Waals surface area contributed by atoms with Crippen molar-refractivity contribution in [1.29, 1.82) is 0 Å². The van der Waals surface area contributed by atoms with Crippen molar-refractivity contribution in [2.75, 3.05) is 31.4 Å². The number of methoxy groups -OCH3 is 2. The molecule has 1 aromatic heterocycles. The summed E-state index contributed by atoms with van der Waals surface area (Å²) in [5.74, 6) is -1.93. The summed E-state index contributed by atoms with van der Waals surface area (Å²) in [5.41, 5.74) is -0.465. The highest BCUT2D eigenvalue weighted by molar-refractivity contribution is 6.31. The Morgan fingerprint density at radius 1 is 1.00 bits per heavy atom. The molecule has 14 heteroatoms. The number of hydrogen-bond donors (Lipinski definition) is 2. The van der Waals surface area contributed by atoms with Crippen LogP contribution in [0.1, 0.15) is 6.42 Å². The molecule has 210 valence electrons. The molecule has 2 N–H and O–H groups in total. The Morgan fingerprint density at radius 3 is 2.38 bits per heavy atom. The van der Waals surface area contributed by atoms with Crippen LogP contribution in [0.15, 0.2) is 59.5 Å². The fourth-order valence-corrected chi connectivity index (χ4v) is 4.38. The number of urea groups is 1. The summed E-state index contributed by atoms with van der Waals surface area (Å²) in [7, 11) is 2.54. The SMILES string of the molecule is COC(=O)Oc1cc(Cl)cn(-c2ccc(NC(=O)[C@H]3C[C@@H](OC)CN3C(=O)Nc3ccc(Cl)cc3)c(F)c2)c1=O. The number of pyridine rings is 1. The molecular weight excluding hydrogens is 570 g/mol. The van der Waals surface area contributed by atoms with Gasteiger partial charge in [0.2, 0.25) is 11.7 Å². The summed E-state index contributed by atoms with van der Waals surface area (Å²) in [6.07, 6.45) is -0.137. The topological polar surface area (TPSA) is 128 Å². The number of aromatic nitrogens is 1. The van der Waals surface area contributed by atoms with Gasteiger partial charge in [-0.3, -0.25) is 14.2 Å². The number of hydrogen-bond acceptors (Lipinski definition) is 7. The number of likely N-dealkylation sites (tertiary alicyclic amines) is 1. The lowest BCUT2D eigenvalue weighted by atomic mass is 10.1. The predicted molar refractivity (Wildman–Crippen MR) is 145 cm³/mol. The van der Waals surface area contributed by atoms with Gasteiger partial charge in [-0.25, -0.2) is 14.0 Å². The molecule has 0 radical (unpaired) electrons. The maximum atomic E-state index is 15.1. The van der Waals surface area contributed by atoms with Crippen LogP contribution in [0.25, 0.3) is 5.69 Å². The van der Waals surface area contributed by atoms with Crippen LogP contribution in [0.5, 0.6) is 5.75 Å². The monoisotopic (exact) mass is 592 g/mol. The first-order valence-electron chi connectivity index (χ1n) is 11.7. The minimum Gasteiger partial charge on any atom is -0.437 e. The highest BCUT2D eigenvalue weighted by Gasteiger charge is 2.40. The van der Waals surface area contributed by atoms with E-state index in [1.54, 1.807) is 24.3 Å². The first-order valence-corrected chi connectivity index (χ1v) is 12.5. The van der Waals surface area contributed by atoms with E-state index in [2.05, 4.69) is 15.4 Å². The number of carbonyl (C=O) groups excluding carboxylic acids is 3. The van der Waals surface area contributed by atoms with Crippen molar-refractivity contribution < 1.29 is 33.0 Å². The fraction of sp³-hybridized carbons (Fsp3) is 0.231. The van der Waals surface area contributed by atoms with Crippen LogP contribution in [0.3, 0.4) is 0 Å². The molecule has 2 aromatic carbocycles. The van der Waals surface area contributed by atoms with E-state index >= 15 is 4.39 Å². The molecule has 0 spiro atoms. The smallest absolute Gasteiger partial charge is 0.437 e. The minimum absolute atomic E-state index is 0.0298. The second kappa shape index (κ2) is 12.4. The molecular formula is C26H23Cl2FN4O7. The Morgan fingerprint density at radius 2 is 1.73 bits per heavy atom. The van der Waals surface area contributed by atoms with Gasteiger partial charge in [0.15, 0.2) is 0 Å². The summed E-state index contributed by atoms with van der Waals surface area (Å²) in [5, 5.41) is 5.73. The zero-order valence-electron chi connectivity index (χ0n) is 21.2. The maximum absolute atomic E-state index is 15.1. The van der Waals surface area contributed by atoms with Crippen molar-refractivity contribution in [1.82, 2.24) is 9.47 Å². The van der Waals surface area contributed by atoms with E-state index in [1.165, 1.54) is 30.3 Å². The Hall–Kier alpha value is -4.13. The molecule has 1 fully saturated rings. The third-order valence-electron chi connectivity index (χ3n) is 6.05.